The summed E-state index contributed by atoms with van der Waals surface area (Å²) < 4.78 is 1.93. The van der Waals surface area contributed by atoms with E-state index in [1.807, 2.05) is 53.6 Å². The summed E-state index contributed by atoms with van der Waals surface area (Å²) in [5, 5.41) is 10.3. The minimum absolute atomic E-state index is 0.0353. The molecule has 0 bridgehead atoms. The quantitative estimate of drug-likeness (QED) is 0.807. The van der Waals surface area contributed by atoms with E-state index in [2.05, 4.69) is 10.2 Å². The molecule has 1 unspecified atom stereocenters. The van der Waals surface area contributed by atoms with Crippen LogP contribution in [-0.4, -0.2) is 62.6 Å². The lowest BCUT2D eigenvalue weighted by Gasteiger charge is -2.50. The zero-order chi connectivity index (χ0) is 19.3. The molecule has 1 atom stereocenters. The number of aryl methyl sites for hydroxylation is 2. The molecule has 144 valence electrons. The van der Waals surface area contributed by atoms with Crippen LogP contribution in [0.2, 0.25) is 0 Å². The molecule has 4 heterocycles. The highest BCUT2D eigenvalue weighted by atomic mass is 32.1. The van der Waals surface area contributed by atoms with Gasteiger partial charge in [0.25, 0.3) is 5.91 Å². The predicted molar refractivity (Wildman–Crippen MR) is 103 cm³/mol. The van der Waals surface area contributed by atoms with E-state index in [1.165, 1.54) is 11.3 Å². The standard InChI is InChI=1S/C19H25N5O2S/c1-12(2)17(25)23-7-14(16-21-20-11-22(16)4)19(8-23)9-24(10-19)18(26)15-13(3)5-6-27-15/h5-6,11-12,14H,7-10H2,1-4H3. The SMILES string of the molecule is Cc1ccsc1C(=O)N1CC2(C1)CN(C(=O)C(C)C)CC2c1nncn1C. The molecule has 0 aromatic carbocycles. The van der Waals surface area contributed by atoms with Gasteiger partial charge in [0.15, 0.2) is 0 Å². The molecule has 27 heavy (non-hydrogen) atoms. The lowest BCUT2D eigenvalue weighted by atomic mass is 9.71. The molecule has 4 rings (SSSR count). The van der Waals surface area contributed by atoms with Crippen molar-refractivity contribution in [3.8, 4) is 0 Å². The fraction of sp³-hybridized carbons (Fsp3) is 0.579. The fourth-order valence-electron chi connectivity index (χ4n) is 4.38. The van der Waals surface area contributed by atoms with Gasteiger partial charge in [0, 0.05) is 50.5 Å². The van der Waals surface area contributed by atoms with Crippen LogP contribution in [0.25, 0.3) is 0 Å². The van der Waals surface area contributed by atoms with Crippen molar-refractivity contribution in [2.24, 2.45) is 18.4 Å². The Bertz CT molecular complexity index is 880. The first-order chi connectivity index (χ1) is 12.8. The molecule has 0 radical (unpaired) electrons. The Morgan fingerprint density at radius 2 is 1.96 bits per heavy atom. The third-order valence-electron chi connectivity index (χ3n) is 5.87. The van der Waals surface area contributed by atoms with Gasteiger partial charge in [-0.2, -0.15) is 0 Å². The van der Waals surface area contributed by atoms with E-state index in [0.29, 0.717) is 26.2 Å². The van der Waals surface area contributed by atoms with E-state index in [9.17, 15) is 9.59 Å². The van der Waals surface area contributed by atoms with Gasteiger partial charge in [-0.05, 0) is 23.9 Å². The van der Waals surface area contributed by atoms with Crippen molar-refractivity contribution in [3.05, 3.63) is 34.0 Å². The summed E-state index contributed by atoms with van der Waals surface area (Å²) in [5.74, 6) is 1.22. The van der Waals surface area contributed by atoms with E-state index in [-0.39, 0.29) is 29.1 Å². The van der Waals surface area contributed by atoms with Crippen molar-refractivity contribution in [2.45, 2.75) is 26.7 Å². The van der Waals surface area contributed by atoms with Crippen molar-refractivity contribution in [1.29, 1.82) is 0 Å². The highest BCUT2D eigenvalue weighted by Gasteiger charge is 2.58. The largest absolute Gasteiger partial charge is 0.341 e. The molecule has 2 saturated heterocycles. The molecule has 0 N–H and O–H groups in total. The van der Waals surface area contributed by atoms with Crippen LogP contribution in [0.4, 0.5) is 0 Å². The van der Waals surface area contributed by atoms with Crippen molar-refractivity contribution in [2.75, 3.05) is 26.2 Å². The number of thiophene rings is 1. The van der Waals surface area contributed by atoms with E-state index in [4.69, 9.17) is 0 Å². The van der Waals surface area contributed by atoms with Crippen LogP contribution < -0.4 is 0 Å². The van der Waals surface area contributed by atoms with Crippen molar-refractivity contribution < 1.29 is 9.59 Å². The summed E-state index contributed by atoms with van der Waals surface area (Å²) in [6.07, 6.45) is 1.70. The van der Waals surface area contributed by atoms with Crippen molar-refractivity contribution >= 4 is 23.2 Å². The number of carbonyl (C=O) groups is 2. The second-order valence-corrected chi connectivity index (χ2v) is 9.10. The maximum absolute atomic E-state index is 12.9. The first-order valence-electron chi connectivity index (χ1n) is 9.28. The Balaban J connectivity index is 1.58. The molecule has 7 nitrogen and oxygen atoms in total. The highest BCUT2D eigenvalue weighted by molar-refractivity contribution is 7.12. The monoisotopic (exact) mass is 387 g/mol. The first kappa shape index (κ1) is 18.2. The van der Waals surface area contributed by atoms with E-state index in [1.54, 1.807) is 6.33 Å². The molecule has 2 amide bonds. The number of rotatable bonds is 3. The molecule has 2 fully saturated rings. The molecule has 0 saturated carbocycles. The van der Waals surface area contributed by atoms with Crippen LogP contribution in [0.1, 0.15) is 40.8 Å². The van der Waals surface area contributed by atoms with Crippen LogP contribution >= 0.6 is 11.3 Å². The molecule has 2 aliphatic rings. The van der Waals surface area contributed by atoms with Gasteiger partial charge in [-0.1, -0.05) is 13.8 Å². The van der Waals surface area contributed by atoms with Gasteiger partial charge in [-0.15, -0.1) is 21.5 Å². The van der Waals surface area contributed by atoms with Gasteiger partial charge in [0.1, 0.15) is 12.2 Å². The smallest absolute Gasteiger partial charge is 0.264 e. The first-order valence-corrected chi connectivity index (χ1v) is 10.2. The van der Waals surface area contributed by atoms with E-state index < -0.39 is 0 Å². The number of hydrogen-bond donors (Lipinski definition) is 0. The average Bonchev–Trinajstić information content (AvgIpc) is 3.29. The van der Waals surface area contributed by atoms with Gasteiger partial charge in [0.05, 0.1) is 4.88 Å². The molecule has 2 aromatic rings. The fourth-order valence-corrected chi connectivity index (χ4v) is 5.27. The zero-order valence-electron chi connectivity index (χ0n) is 16.2. The molecule has 2 aliphatic heterocycles. The van der Waals surface area contributed by atoms with Gasteiger partial charge < -0.3 is 14.4 Å². The lowest BCUT2D eigenvalue weighted by molar-refractivity contribution is -0.134. The summed E-state index contributed by atoms with van der Waals surface area (Å²) in [7, 11) is 1.94. The molecule has 1 spiro atoms. The predicted octanol–water partition coefficient (Wildman–Crippen LogP) is 1.91. The molecular weight excluding hydrogens is 362 g/mol. The Morgan fingerprint density at radius 3 is 2.52 bits per heavy atom. The molecule has 2 aromatic heterocycles. The summed E-state index contributed by atoms with van der Waals surface area (Å²) in [6, 6.07) is 1.98. The normalized spacial score (nSPS) is 21.1. The second-order valence-electron chi connectivity index (χ2n) is 8.18. The highest BCUT2D eigenvalue weighted by Crippen LogP contribution is 2.49. The van der Waals surface area contributed by atoms with Crippen LogP contribution in [0.3, 0.4) is 0 Å². The number of hydrogen-bond acceptors (Lipinski definition) is 5. The third-order valence-corrected chi connectivity index (χ3v) is 6.87. The lowest BCUT2D eigenvalue weighted by Crippen LogP contribution is -2.61. The maximum atomic E-state index is 12.9. The van der Waals surface area contributed by atoms with Crippen LogP contribution in [0.5, 0.6) is 0 Å². The Kier molecular flexibility index (Phi) is 4.33. The Hall–Kier alpha value is -2.22. The summed E-state index contributed by atoms with van der Waals surface area (Å²) in [4.78, 5) is 30.1. The van der Waals surface area contributed by atoms with Gasteiger partial charge >= 0.3 is 0 Å². The number of nitrogens with zero attached hydrogens (tertiary/aromatic N) is 5. The Morgan fingerprint density at radius 1 is 1.26 bits per heavy atom. The zero-order valence-corrected chi connectivity index (χ0v) is 17.0. The van der Waals surface area contributed by atoms with Gasteiger partial charge in [0.2, 0.25) is 5.91 Å². The summed E-state index contributed by atoms with van der Waals surface area (Å²) in [5.41, 5.74) is 0.894. The molecular formula is C19H25N5O2S. The van der Waals surface area contributed by atoms with Crippen LogP contribution in [0, 0.1) is 18.3 Å². The number of carbonyl (C=O) groups excluding carboxylic acids is 2. The maximum Gasteiger partial charge on any atom is 0.264 e. The van der Waals surface area contributed by atoms with Crippen molar-refractivity contribution in [1.82, 2.24) is 24.6 Å². The molecule has 8 heteroatoms. The Labute approximate surface area is 163 Å². The number of likely N-dealkylation sites (tertiary alicyclic amines) is 2. The van der Waals surface area contributed by atoms with Gasteiger partial charge in [-0.25, -0.2) is 0 Å². The van der Waals surface area contributed by atoms with Gasteiger partial charge in [-0.3, -0.25) is 9.59 Å². The topological polar surface area (TPSA) is 71.3 Å². The third kappa shape index (κ3) is 2.86. The average molecular weight is 388 g/mol. The summed E-state index contributed by atoms with van der Waals surface area (Å²) in [6.45, 7) is 8.46. The minimum atomic E-state index is -0.133. The molecule has 0 aliphatic carbocycles. The number of aromatic nitrogens is 3. The van der Waals surface area contributed by atoms with Crippen LogP contribution in [0.15, 0.2) is 17.8 Å². The van der Waals surface area contributed by atoms with Crippen LogP contribution in [-0.2, 0) is 11.8 Å². The van der Waals surface area contributed by atoms with Crippen molar-refractivity contribution in [3.63, 3.8) is 0 Å². The van der Waals surface area contributed by atoms with E-state index >= 15 is 0 Å². The minimum Gasteiger partial charge on any atom is -0.341 e. The van der Waals surface area contributed by atoms with E-state index in [0.717, 1.165) is 16.3 Å². The number of amides is 2. The second kappa shape index (κ2) is 6.44. The summed E-state index contributed by atoms with van der Waals surface area (Å²) >= 11 is 1.49.